The average molecular weight is 436 g/mol. The van der Waals surface area contributed by atoms with E-state index in [4.69, 9.17) is 9.47 Å². The summed E-state index contributed by atoms with van der Waals surface area (Å²) in [5, 5.41) is 11.5. The van der Waals surface area contributed by atoms with Crippen molar-refractivity contribution in [1.29, 1.82) is 0 Å². The number of aliphatic carboxylic acids is 1. The molecule has 1 atom stereocenters. The highest BCUT2D eigenvalue weighted by Crippen LogP contribution is 2.40. The molecular weight excluding hydrogens is 406 g/mol. The first-order valence-electron chi connectivity index (χ1n) is 10.9. The Bertz CT molecular complexity index is 1270. The molecule has 0 amide bonds. The molecule has 0 radical (unpaired) electrons. The minimum absolute atomic E-state index is 0.243. The maximum atomic E-state index is 13.3. The van der Waals surface area contributed by atoms with E-state index in [0.717, 1.165) is 40.7 Å². The SMILES string of the molecule is Cc1cccc2c(=O)n(C)c(C(OC(C)(C)C)C(=O)O)c(-c3ccc4c(c3)CCCO4)c12. The number of rotatable bonds is 4. The Kier molecular flexibility index (Phi) is 5.59. The molecule has 0 fully saturated rings. The summed E-state index contributed by atoms with van der Waals surface area (Å²) in [6, 6.07) is 11.5. The van der Waals surface area contributed by atoms with Crippen LogP contribution in [0.25, 0.3) is 21.9 Å². The Hall–Kier alpha value is -3.12. The van der Waals surface area contributed by atoms with E-state index < -0.39 is 17.7 Å². The van der Waals surface area contributed by atoms with Gasteiger partial charge in [0.25, 0.3) is 5.56 Å². The van der Waals surface area contributed by atoms with E-state index in [9.17, 15) is 14.7 Å². The van der Waals surface area contributed by atoms with Crippen LogP contribution < -0.4 is 10.3 Å². The van der Waals surface area contributed by atoms with Gasteiger partial charge in [-0.1, -0.05) is 18.2 Å². The number of nitrogens with zero attached hydrogens (tertiary/aromatic N) is 1. The molecular formula is C26H29NO5. The summed E-state index contributed by atoms with van der Waals surface area (Å²) >= 11 is 0. The average Bonchev–Trinajstić information content (AvgIpc) is 2.74. The number of carbonyl (C=O) groups is 1. The van der Waals surface area contributed by atoms with Gasteiger partial charge in [0.2, 0.25) is 0 Å². The van der Waals surface area contributed by atoms with Gasteiger partial charge in [0, 0.05) is 18.0 Å². The van der Waals surface area contributed by atoms with Gasteiger partial charge >= 0.3 is 5.97 Å². The van der Waals surface area contributed by atoms with Crippen molar-refractivity contribution in [3.63, 3.8) is 0 Å². The lowest BCUT2D eigenvalue weighted by molar-refractivity contribution is -0.161. The van der Waals surface area contributed by atoms with Crippen LogP contribution in [0.3, 0.4) is 0 Å². The second-order valence-corrected chi connectivity index (χ2v) is 9.34. The molecule has 6 nitrogen and oxygen atoms in total. The number of hydrogen-bond donors (Lipinski definition) is 1. The molecule has 1 aliphatic heterocycles. The molecule has 2 heterocycles. The molecule has 4 rings (SSSR count). The lowest BCUT2D eigenvalue weighted by atomic mass is 9.90. The van der Waals surface area contributed by atoms with Crippen LogP contribution in [0.2, 0.25) is 0 Å². The molecule has 0 aliphatic carbocycles. The number of carboxylic acids is 1. The van der Waals surface area contributed by atoms with Crippen LogP contribution in [-0.2, 0) is 23.0 Å². The van der Waals surface area contributed by atoms with Crippen molar-refractivity contribution in [2.24, 2.45) is 7.05 Å². The lowest BCUT2D eigenvalue weighted by Gasteiger charge is -2.29. The van der Waals surface area contributed by atoms with Crippen LogP contribution in [0.15, 0.2) is 41.2 Å². The van der Waals surface area contributed by atoms with Crippen LogP contribution in [0.5, 0.6) is 5.75 Å². The van der Waals surface area contributed by atoms with E-state index >= 15 is 0 Å². The minimum atomic E-state index is -1.31. The van der Waals surface area contributed by atoms with Gasteiger partial charge in [-0.25, -0.2) is 4.79 Å². The van der Waals surface area contributed by atoms with Crippen molar-refractivity contribution in [3.05, 3.63) is 63.6 Å². The number of ether oxygens (including phenoxy) is 2. The van der Waals surface area contributed by atoms with E-state index in [1.165, 1.54) is 4.57 Å². The fourth-order valence-corrected chi connectivity index (χ4v) is 4.46. The summed E-state index contributed by atoms with van der Waals surface area (Å²) in [5.41, 5.74) is 2.93. The molecule has 1 N–H and O–H groups in total. The maximum absolute atomic E-state index is 13.3. The highest BCUT2D eigenvalue weighted by atomic mass is 16.5. The molecule has 1 unspecified atom stereocenters. The van der Waals surface area contributed by atoms with Crippen molar-refractivity contribution in [2.75, 3.05) is 6.61 Å². The Balaban J connectivity index is 2.12. The van der Waals surface area contributed by atoms with Gasteiger partial charge in [-0.2, -0.15) is 0 Å². The third kappa shape index (κ3) is 3.91. The van der Waals surface area contributed by atoms with Crippen molar-refractivity contribution in [1.82, 2.24) is 4.57 Å². The monoisotopic (exact) mass is 435 g/mol. The third-order valence-electron chi connectivity index (χ3n) is 5.82. The molecule has 32 heavy (non-hydrogen) atoms. The lowest BCUT2D eigenvalue weighted by Crippen LogP contribution is -2.33. The molecule has 1 aliphatic rings. The summed E-state index contributed by atoms with van der Waals surface area (Å²) in [5.74, 6) is -0.279. The Morgan fingerprint density at radius 1 is 1.22 bits per heavy atom. The topological polar surface area (TPSA) is 77.8 Å². The highest BCUT2D eigenvalue weighted by Gasteiger charge is 2.33. The zero-order valence-corrected chi connectivity index (χ0v) is 19.2. The predicted molar refractivity (Wildman–Crippen MR) is 124 cm³/mol. The summed E-state index contributed by atoms with van der Waals surface area (Å²) in [4.78, 5) is 25.7. The predicted octanol–water partition coefficient (Wildman–Crippen LogP) is 4.78. The van der Waals surface area contributed by atoms with Gasteiger partial charge in [-0.3, -0.25) is 4.79 Å². The quantitative estimate of drug-likeness (QED) is 0.638. The number of pyridine rings is 1. The first kappa shape index (κ1) is 22.1. The minimum Gasteiger partial charge on any atom is -0.493 e. The smallest absolute Gasteiger partial charge is 0.339 e. The van der Waals surface area contributed by atoms with Gasteiger partial charge in [-0.15, -0.1) is 0 Å². The zero-order valence-electron chi connectivity index (χ0n) is 19.2. The number of fused-ring (bicyclic) bond motifs is 2. The number of benzene rings is 2. The molecule has 2 aromatic carbocycles. The Morgan fingerprint density at radius 3 is 2.66 bits per heavy atom. The second kappa shape index (κ2) is 8.10. The van der Waals surface area contributed by atoms with Crippen LogP contribution >= 0.6 is 0 Å². The van der Waals surface area contributed by atoms with Crippen molar-refractivity contribution in [3.8, 4) is 16.9 Å². The number of aromatic nitrogens is 1. The molecule has 0 bridgehead atoms. The zero-order chi connectivity index (χ0) is 23.2. The first-order chi connectivity index (χ1) is 15.1. The normalized spacial score (nSPS) is 14.7. The molecule has 3 aromatic rings. The Labute approximate surface area is 187 Å². The number of carboxylic acid groups (broad SMARTS) is 1. The van der Waals surface area contributed by atoms with E-state index in [0.29, 0.717) is 23.3 Å². The van der Waals surface area contributed by atoms with Crippen molar-refractivity contribution in [2.45, 2.75) is 52.2 Å². The molecule has 0 saturated carbocycles. The highest BCUT2D eigenvalue weighted by molar-refractivity contribution is 6.01. The van der Waals surface area contributed by atoms with E-state index in [-0.39, 0.29) is 5.56 Å². The van der Waals surface area contributed by atoms with Crippen LogP contribution in [0, 0.1) is 6.92 Å². The van der Waals surface area contributed by atoms with Crippen molar-refractivity contribution < 1.29 is 19.4 Å². The van der Waals surface area contributed by atoms with Gasteiger partial charge in [0.05, 0.1) is 17.9 Å². The molecule has 0 spiro atoms. The number of aryl methyl sites for hydroxylation is 2. The van der Waals surface area contributed by atoms with Gasteiger partial charge in [0.15, 0.2) is 6.10 Å². The van der Waals surface area contributed by atoms with Crippen LogP contribution in [0.1, 0.15) is 50.1 Å². The number of hydrogen-bond acceptors (Lipinski definition) is 4. The van der Waals surface area contributed by atoms with Crippen molar-refractivity contribution >= 4 is 16.7 Å². The largest absolute Gasteiger partial charge is 0.493 e. The summed E-state index contributed by atoms with van der Waals surface area (Å²) in [6.07, 6.45) is 0.516. The first-order valence-corrected chi connectivity index (χ1v) is 10.9. The van der Waals surface area contributed by atoms with Crippen LogP contribution in [-0.4, -0.2) is 27.9 Å². The summed E-state index contributed by atoms with van der Waals surface area (Å²) in [7, 11) is 1.62. The van der Waals surface area contributed by atoms with E-state index in [1.807, 2.05) is 52.0 Å². The van der Waals surface area contributed by atoms with E-state index in [2.05, 4.69) is 6.07 Å². The summed E-state index contributed by atoms with van der Waals surface area (Å²) in [6.45, 7) is 8.06. The van der Waals surface area contributed by atoms with E-state index in [1.54, 1.807) is 13.1 Å². The second-order valence-electron chi connectivity index (χ2n) is 9.34. The molecule has 6 heteroatoms. The third-order valence-corrected chi connectivity index (χ3v) is 5.82. The fraction of sp³-hybridized carbons (Fsp3) is 0.385. The molecule has 1 aromatic heterocycles. The molecule has 0 saturated heterocycles. The Morgan fingerprint density at radius 2 is 1.97 bits per heavy atom. The standard InChI is InChI=1S/C26H29NO5/c1-15-8-6-10-18-20(15)21(17-11-12-19-16(14-17)9-7-13-31-19)22(27(5)24(18)28)23(25(29)30)32-26(2,3)4/h6,8,10-12,14,23H,7,9,13H2,1-5H3,(H,29,30). The fourth-order valence-electron chi connectivity index (χ4n) is 4.46. The molecule has 168 valence electrons. The maximum Gasteiger partial charge on any atom is 0.339 e. The van der Waals surface area contributed by atoms with Crippen LogP contribution in [0.4, 0.5) is 0 Å². The van der Waals surface area contributed by atoms with Gasteiger partial charge in [0.1, 0.15) is 5.75 Å². The summed E-state index contributed by atoms with van der Waals surface area (Å²) < 4.78 is 13.2. The van der Waals surface area contributed by atoms with Gasteiger partial charge in [-0.05, 0) is 80.8 Å². The van der Waals surface area contributed by atoms with Gasteiger partial charge < -0.3 is 19.1 Å².